The third-order valence-corrected chi connectivity index (χ3v) is 3.35. The minimum Gasteiger partial charge on any atom is -0.0625 e. The minimum atomic E-state index is 0.542. The molecule has 1 rings (SSSR count). The van der Waals surface area contributed by atoms with E-state index in [0.29, 0.717) is 5.41 Å². The van der Waals surface area contributed by atoms with Crippen LogP contribution in [0, 0.1) is 17.3 Å². The lowest BCUT2D eigenvalue weighted by molar-refractivity contribution is 0.235. The Labute approximate surface area is 84.1 Å². The van der Waals surface area contributed by atoms with Crippen LogP contribution in [-0.2, 0) is 0 Å². The molecule has 1 aliphatic rings. The molecule has 0 heterocycles. The van der Waals surface area contributed by atoms with E-state index in [4.69, 9.17) is 0 Å². The van der Waals surface area contributed by atoms with Gasteiger partial charge in [-0.05, 0) is 36.5 Å². The molecule has 0 aromatic rings. The molecule has 2 atom stereocenters. The summed E-state index contributed by atoms with van der Waals surface area (Å²) in [4.78, 5) is 0. The molecule has 2 unspecified atom stereocenters. The van der Waals surface area contributed by atoms with Gasteiger partial charge in [-0.3, -0.25) is 0 Å². The SMILES string of the molecule is CC1CCCC(CCC(C)(C)C)C1. The van der Waals surface area contributed by atoms with Crippen LogP contribution in [-0.4, -0.2) is 0 Å². The fourth-order valence-electron chi connectivity index (χ4n) is 2.46. The van der Waals surface area contributed by atoms with Crippen LogP contribution in [0.3, 0.4) is 0 Å². The molecule has 1 saturated carbocycles. The topological polar surface area (TPSA) is 0 Å². The molecule has 0 saturated heterocycles. The summed E-state index contributed by atoms with van der Waals surface area (Å²) in [5, 5.41) is 0. The Hall–Kier alpha value is 0. The van der Waals surface area contributed by atoms with E-state index in [0.717, 1.165) is 11.8 Å². The van der Waals surface area contributed by atoms with Gasteiger partial charge in [0, 0.05) is 0 Å². The first-order valence-corrected chi connectivity index (χ1v) is 5.97. The van der Waals surface area contributed by atoms with Crippen molar-refractivity contribution in [3.63, 3.8) is 0 Å². The number of hydrogen-bond acceptors (Lipinski definition) is 0. The van der Waals surface area contributed by atoms with Crippen LogP contribution in [0.2, 0.25) is 0 Å². The molecule has 0 heteroatoms. The molecule has 0 radical (unpaired) electrons. The van der Waals surface area contributed by atoms with Crippen molar-refractivity contribution in [1.29, 1.82) is 0 Å². The highest BCUT2D eigenvalue weighted by molar-refractivity contribution is 4.73. The van der Waals surface area contributed by atoms with Crippen LogP contribution in [0.15, 0.2) is 0 Å². The highest BCUT2D eigenvalue weighted by Crippen LogP contribution is 2.34. The summed E-state index contributed by atoms with van der Waals surface area (Å²) in [6.45, 7) is 9.50. The molecule has 0 aromatic heterocycles. The zero-order chi connectivity index (χ0) is 9.90. The quantitative estimate of drug-likeness (QED) is 0.583. The van der Waals surface area contributed by atoms with Gasteiger partial charge in [-0.15, -0.1) is 0 Å². The second-order valence-corrected chi connectivity index (χ2v) is 6.24. The highest BCUT2D eigenvalue weighted by atomic mass is 14.3. The highest BCUT2D eigenvalue weighted by Gasteiger charge is 2.20. The molecule has 0 aliphatic heterocycles. The molecule has 0 aromatic carbocycles. The van der Waals surface area contributed by atoms with Gasteiger partial charge in [-0.25, -0.2) is 0 Å². The van der Waals surface area contributed by atoms with Crippen molar-refractivity contribution >= 4 is 0 Å². The van der Waals surface area contributed by atoms with Crippen molar-refractivity contribution in [3.05, 3.63) is 0 Å². The first kappa shape index (κ1) is 11.1. The van der Waals surface area contributed by atoms with Gasteiger partial charge >= 0.3 is 0 Å². The van der Waals surface area contributed by atoms with Crippen LogP contribution in [0.25, 0.3) is 0 Å². The fourth-order valence-corrected chi connectivity index (χ4v) is 2.46. The van der Waals surface area contributed by atoms with E-state index < -0.39 is 0 Å². The van der Waals surface area contributed by atoms with Crippen molar-refractivity contribution in [3.8, 4) is 0 Å². The van der Waals surface area contributed by atoms with E-state index in [-0.39, 0.29) is 0 Å². The van der Waals surface area contributed by atoms with Crippen molar-refractivity contribution in [2.45, 2.75) is 66.2 Å². The Bertz CT molecular complexity index is 141. The summed E-state index contributed by atoms with van der Waals surface area (Å²) >= 11 is 0. The lowest BCUT2D eigenvalue weighted by Gasteiger charge is -2.29. The van der Waals surface area contributed by atoms with Crippen molar-refractivity contribution in [1.82, 2.24) is 0 Å². The summed E-state index contributed by atoms with van der Waals surface area (Å²) in [6.07, 6.45) is 8.83. The Morgan fingerprint density at radius 2 is 1.85 bits per heavy atom. The Morgan fingerprint density at radius 3 is 2.38 bits per heavy atom. The summed E-state index contributed by atoms with van der Waals surface area (Å²) in [5.74, 6) is 2.04. The Kier molecular flexibility index (Phi) is 3.82. The van der Waals surface area contributed by atoms with Gasteiger partial charge in [0.25, 0.3) is 0 Å². The van der Waals surface area contributed by atoms with Gasteiger partial charge in [0.15, 0.2) is 0 Å². The predicted octanol–water partition coefficient (Wildman–Crippen LogP) is 4.64. The lowest BCUT2D eigenvalue weighted by atomic mass is 9.77. The summed E-state index contributed by atoms with van der Waals surface area (Å²) in [5.41, 5.74) is 0.542. The second-order valence-electron chi connectivity index (χ2n) is 6.24. The van der Waals surface area contributed by atoms with Crippen molar-refractivity contribution in [2.24, 2.45) is 17.3 Å². The molecular weight excluding hydrogens is 156 g/mol. The van der Waals surface area contributed by atoms with E-state index in [1.807, 2.05) is 0 Å². The average molecular weight is 182 g/mol. The van der Waals surface area contributed by atoms with E-state index in [2.05, 4.69) is 27.7 Å². The van der Waals surface area contributed by atoms with E-state index in [9.17, 15) is 0 Å². The number of hydrogen-bond donors (Lipinski definition) is 0. The largest absolute Gasteiger partial charge is 0.0625 e. The Morgan fingerprint density at radius 1 is 1.15 bits per heavy atom. The van der Waals surface area contributed by atoms with Crippen LogP contribution in [0.4, 0.5) is 0 Å². The van der Waals surface area contributed by atoms with Gasteiger partial charge in [0.1, 0.15) is 0 Å². The Balaban J connectivity index is 2.21. The normalized spacial score (nSPS) is 30.5. The minimum absolute atomic E-state index is 0.542. The third-order valence-electron chi connectivity index (χ3n) is 3.35. The molecule has 0 amide bonds. The summed E-state index contributed by atoms with van der Waals surface area (Å²) in [7, 11) is 0. The zero-order valence-corrected chi connectivity index (χ0v) is 9.90. The number of rotatable bonds is 2. The van der Waals surface area contributed by atoms with E-state index in [1.54, 1.807) is 0 Å². The van der Waals surface area contributed by atoms with E-state index in [1.165, 1.54) is 38.5 Å². The molecule has 0 bridgehead atoms. The first-order chi connectivity index (χ1) is 5.97. The van der Waals surface area contributed by atoms with Gasteiger partial charge in [0.05, 0.1) is 0 Å². The molecule has 0 N–H and O–H groups in total. The van der Waals surface area contributed by atoms with Crippen LogP contribution >= 0.6 is 0 Å². The maximum atomic E-state index is 2.42. The second kappa shape index (κ2) is 4.48. The van der Waals surface area contributed by atoms with Crippen molar-refractivity contribution in [2.75, 3.05) is 0 Å². The molecule has 0 nitrogen and oxygen atoms in total. The van der Waals surface area contributed by atoms with Gasteiger partial charge in [0.2, 0.25) is 0 Å². The molecule has 1 aliphatic carbocycles. The van der Waals surface area contributed by atoms with Crippen molar-refractivity contribution < 1.29 is 0 Å². The molecule has 13 heavy (non-hydrogen) atoms. The zero-order valence-electron chi connectivity index (χ0n) is 9.90. The molecule has 78 valence electrons. The van der Waals surface area contributed by atoms with Crippen LogP contribution < -0.4 is 0 Å². The summed E-state index contributed by atoms with van der Waals surface area (Å²) in [6, 6.07) is 0. The average Bonchev–Trinajstić information content (AvgIpc) is 2.00. The van der Waals surface area contributed by atoms with Gasteiger partial charge < -0.3 is 0 Å². The molecular formula is C13H26. The van der Waals surface area contributed by atoms with Gasteiger partial charge in [-0.2, -0.15) is 0 Å². The van der Waals surface area contributed by atoms with Gasteiger partial charge in [-0.1, -0.05) is 47.0 Å². The van der Waals surface area contributed by atoms with E-state index >= 15 is 0 Å². The lowest BCUT2D eigenvalue weighted by Crippen LogP contribution is -2.15. The third kappa shape index (κ3) is 4.69. The standard InChI is InChI=1S/C13H26/c1-11-6-5-7-12(10-11)8-9-13(2,3)4/h11-12H,5-10H2,1-4H3. The van der Waals surface area contributed by atoms with Crippen LogP contribution in [0.5, 0.6) is 0 Å². The predicted molar refractivity (Wildman–Crippen MR) is 59.8 cm³/mol. The molecule has 1 fully saturated rings. The summed E-state index contributed by atoms with van der Waals surface area (Å²) < 4.78 is 0. The first-order valence-electron chi connectivity index (χ1n) is 5.97. The monoisotopic (exact) mass is 182 g/mol. The fraction of sp³-hybridized carbons (Fsp3) is 1.00. The smallest absolute Gasteiger partial charge is 0.0383 e. The molecule has 0 spiro atoms. The maximum Gasteiger partial charge on any atom is -0.0383 e. The maximum absolute atomic E-state index is 2.42. The van der Waals surface area contributed by atoms with Crippen LogP contribution in [0.1, 0.15) is 66.2 Å².